The molecule has 5 heteroatoms. The summed E-state index contributed by atoms with van der Waals surface area (Å²) in [4.78, 5) is 9.01. The molecule has 0 aromatic carbocycles. The first-order valence-corrected chi connectivity index (χ1v) is 8.65. The minimum atomic E-state index is 0.112. The molecular weight excluding hydrogens is 290 g/mol. The first-order chi connectivity index (χ1) is 11.2. The Kier molecular flexibility index (Phi) is 5.64. The Labute approximate surface area is 139 Å². The smallest absolute Gasteiger partial charge is 0.0723 e. The first kappa shape index (κ1) is 16.8. The van der Waals surface area contributed by atoms with Crippen molar-refractivity contribution in [3.8, 4) is 0 Å². The second-order valence-corrected chi connectivity index (χ2v) is 6.96. The van der Waals surface area contributed by atoms with Crippen LogP contribution >= 0.6 is 0 Å². The number of piperidine rings is 1. The maximum atomic E-state index is 6.27. The molecule has 0 aliphatic carbocycles. The summed E-state index contributed by atoms with van der Waals surface area (Å²) in [7, 11) is 3.95. The topological polar surface area (TPSA) is 37.8 Å². The molecule has 0 saturated carbocycles. The van der Waals surface area contributed by atoms with Gasteiger partial charge < -0.3 is 9.47 Å². The van der Waals surface area contributed by atoms with Crippen molar-refractivity contribution in [1.29, 1.82) is 0 Å². The molecule has 0 amide bonds. The van der Waals surface area contributed by atoms with Gasteiger partial charge in [-0.15, -0.1) is 0 Å². The number of aromatic nitrogens is 1. The van der Waals surface area contributed by atoms with E-state index in [0.717, 1.165) is 58.7 Å². The van der Waals surface area contributed by atoms with Crippen LogP contribution in [0.4, 0.5) is 0 Å². The summed E-state index contributed by atoms with van der Waals surface area (Å²) < 4.78 is 11.5. The molecule has 2 fully saturated rings. The maximum absolute atomic E-state index is 6.27. The molecule has 1 spiro atoms. The minimum absolute atomic E-state index is 0.112. The number of likely N-dealkylation sites (tertiary alicyclic amines) is 1. The van der Waals surface area contributed by atoms with Crippen LogP contribution in [0.15, 0.2) is 24.5 Å². The summed E-state index contributed by atoms with van der Waals surface area (Å²) in [6.07, 6.45) is 7.21. The van der Waals surface area contributed by atoms with E-state index in [2.05, 4.69) is 34.0 Å². The lowest BCUT2D eigenvalue weighted by atomic mass is 9.87. The fourth-order valence-corrected chi connectivity index (χ4v) is 3.73. The van der Waals surface area contributed by atoms with Gasteiger partial charge >= 0.3 is 0 Å². The lowest BCUT2D eigenvalue weighted by Crippen LogP contribution is -2.44. The van der Waals surface area contributed by atoms with Crippen LogP contribution in [0.2, 0.25) is 0 Å². The van der Waals surface area contributed by atoms with E-state index in [0.29, 0.717) is 6.04 Å². The van der Waals surface area contributed by atoms with Crippen LogP contribution in [-0.2, 0) is 16.0 Å². The third-order valence-corrected chi connectivity index (χ3v) is 5.38. The minimum Gasteiger partial charge on any atom is -0.383 e. The molecule has 3 rings (SSSR count). The maximum Gasteiger partial charge on any atom is 0.0723 e. The van der Waals surface area contributed by atoms with Crippen molar-refractivity contribution in [3.63, 3.8) is 0 Å². The molecule has 1 unspecified atom stereocenters. The van der Waals surface area contributed by atoms with E-state index >= 15 is 0 Å². The van der Waals surface area contributed by atoms with Crippen molar-refractivity contribution in [1.82, 2.24) is 14.8 Å². The molecule has 2 aliphatic rings. The Balaban J connectivity index is 1.47. The fraction of sp³-hybridized carbons (Fsp3) is 0.722. The Hall–Kier alpha value is -1.01. The van der Waals surface area contributed by atoms with Crippen molar-refractivity contribution in [2.45, 2.75) is 37.5 Å². The number of rotatable bonds is 6. The second kappa shape index (κ2) is 7.71. The molecule has 1 aromatic rings. The summed E-state index contributed by atoms with van der Waals surface area (Å²) in [6, 6.07) is 4.76. The highest BCUT2D eigenvalue weighted by atomic mass is 16.5. The van der Waals surface area contributed by atoms with E-state index in [1.807, 2.05) is 12.4 Å². The fourth-order valence-electron chi connectivity index (χ4n) is 3.73. The highest BCUT2D eigenvalue weighted by Crippen LogP contribution is 2.37. The molecule has 128 valence electrons. The van der Waals surface area contributed by atoms with Gasteiger partial charge in [0.05, 0.1) is 18.8 Å². The standard InChI is InChI=1S/C18H29N3O2/c1-20(11-12-22-2)17-13-18(23-15-17)5-9-21(10-6-18)14-16-3-7-19-8-4-16/h3-4,7-8,17H,5-6,9-15H2,1-2H3. The third-order valence-electron chi connectivity index (χ3n) is 5.38. The average Bonchev–Trinajstić information content (AvgIpc) is 3.00. The largest absolute Gasteiger partial charge is 0.383 e. The molecule has 5 nitrogen and oxygen atoms in total. The molecule has 3 heterocycles. The number of hydrogen-bond acceptors (Lipinski definition) is 5. The molecule has 0 radical (unpaired) electrons. The lowest BCUT2D eigenvalue weighted by molar-refractivity contribution is -0.0452. The van der Waals surface area contributed by atoms with Crippen LogP contribution in [-0.4, -0.2) is 73.4 Å². The molecule has 2 aliphatic heterocycles. The van der Waals surface area contributed by atoms with E-state index in [9.17, 15) is 0 Å². The van der Waals surface area contributed by atoms with Gasteiger partial charge in [0.15, 0.2) is 0 Å². The second-order valence-electron chi connectivity index (χ2n) is 6.96. The SMILES string of the molecule is COCCN(C)C1COC2(CCN(Cc3ccncc3)CC2)C1. The van der Waals surface area contributed by atoms with Gasteiger partial charge in [-0.1, -0.05) is 0 Å². The van der Waals surface area contributed by atoms with E-state index in [1.165, 1.54) is 5.56 Å². The normalized spacial score (nSPS) is 24.6. The third kappa shape index (κ3) is 4.29. The Bertz CT molecular complexity index is 474. The van der Waals surface area contributed by atoms with Crippen molar-refractivity contribution < 1.29 is 9.47 Å². The number of nitrogens with zero attached hydrogens (tertiary/aromatic N) is 3. The number of ether oxygens (including phenoxy) is 2. The summed E-state index contributed by atoms with van der Waals surface area (Å²) in [5.74, 6) is 0. The Morgan fingerprint density at radius 1 is 1.35 bits per heavy atom. The zero-order valence-electron chi connectivity index (χ0n) is 14.4. The van der Waals surface area contributed by atoms with E-state index < -0.39 is 0 Å². The first-order valence-electron chi connectivity index (χ1n) is 8.65. The molecule has 0 bridgehead atoms. The quantitative estimate of drug-likeness (QED) is 0.799. The number of hydrogen-bond donors (Lipinski definition) is 0. The highest BCUT2D eigenvalue weighted by molar-refractivity contribution is 5.10. The average molecular weight is 319 g/mol. The number of likely N-dealkylation sites (N-methyl/N-ethyl adjacent to an activating group) is 1. The van der Waals surface area contributed by atoms with Gasteiger partial charge in [-0.3, -0.25) is 14.8 Å². The zero-order chi connectivity index (χ0) is 16.1. The number of pyridine rings is 1. The van der Waals surface area contributed by atoms with Crippen LogP contribution < -0.4 is 0 Å². The van der Waals surface area contributed by atoms with E-state index in [1.54, 1.807) is 7.11 Å². The van der Waals surface area contributed by atoms with Gasteiger partial charge in [0, 0.05) is 51.7 Å². The van der Waals surface area contributed by atoms with Crippen LogP contribution in [0.25, 0.3) is 0 Å². The van der Waals surface area contributed by atoms with Gasteiger partial charge in [0.1, 0.15) is 0 Å². The van der Waals surface area contributed by atoms with Crippen LogP contribution in [0, 0.1) is 0 Å². The van der Waals surface area contributed by atoms with Crippen molar-refractivity contribution in [2.24, 2.45) is 0 Å². The predicted octanol–water partition coefficient (Wildman–Crippen LogP) is 1.78. The van der Waals surface area contributed by atoms with E-state index in [4.69, 9.17) is 9.47 Å². The predicted molar refractivity (Wildman–Crippen MR) is 90.3 cm³/mol. The molecule has 0 N–H and O–H groups in total. The molecule has 2 saturated heterocycles. The van der Waals surface area contributed by atoms with Gasteiger partial charge in [-0.05, 0) is 44.0 Å². The van der Waals surface area contributed by atoms with Gasteiger partial charge in [-0.2, -0.15) is 0 Å². The molecule has 1 atom stereocenters. The summed E-state index contributed by atoms with van der Waals surface area (Å²) in [5.41, 5.74) is 1.46. The summed E-state index contributed by atoms with van der Waals surface area (Å²) >= 11 is 0. The monoisotopic (exact) mass is 319 g/mol. The van der Waals surface area contributed by atoms with Crippen molar-refractivity contribution in [2.75, 3.05) is 47.0 Å². The highest BCUT2D eigenvalue weighted by Gasteiger charge is 2.43. The summed E-state index contributed by atoms with van der Waals surface area (Å²) in [6.45, 7) is 5.91. The molecule has 1 aromatic heterocycles. The van der Waals surface area contributed by atoms with Gasteiger partial charge in [-0.25, -0.2) is 0 Å². The Morgan fingerprint density at radius 3 is 2.78 bits per heavy atom. The van der Waals surface area contributed by atoms with Crippen LogP contribution in [0.3, 0.4) is 0 Å². The molecule has 23 heavy (non-hydrogen) atoms. The van der Waals surface area contributed by atoms with Crippen molar-refractivity contribution in [3.05, 3.63) is 30.1 Å². The van der Waals surface area contributed by atoms with Gasteiger partial charge in [0.2, 0.25) is 0 Å². The zero-order valence-corrected chi connectivity index (χ0v) is 14.4. The van der Waals surface area contributed by atoms with Crippen molar-refractivity contribution >= 4 is 0 Å². The van der Waals surface area contributed by atoms with Crippen LogP contribution in [0.1, 0.15) is 24.8 Å². The van der Waals surface area contributed by atoms with E-state index in [-0.39, 0.29) is 5.60 Å². The van der Waals surface area contributed by atoms with Crippen LogP contribution in [0.5, 0.6) is 0 Å². The van der Waals surface area contributed by atoms with Gasteiger partial charge in [0.25, 0.3) is 0 Å². The lowest BCUT2D eigenvalue weighted by Gasteiger charge is -2.39. The number of methoxy groups -OCH3 is 1. The Morgan fingerprint density at radius 2 is 2.09 bits per heavy atom. The summed E-state index contributed by atoms with van der Waals surface area (Å²) in [5, 5.41) is 0. The molecular formula is C18H29N3O2.